The van der Waals surface area contributed by atoms with Gasteiger partial charge in [0.15, 0.2) is 0 Å². The third-order valence-electron chi connectivity index (χ3n) is 2.01. The van der Waals surface area contributed by atoms with Crippen molar-refractivity contribution in [2.75, 3.05) is 13.0 Å². The van der Waals surface area contributed by atoms with Gasteiger partial charge in [-0.1, -0.05) is 28.0 Å². The molecule has 20 heavy (non-hydrogen) atoms. The van der Waals surface area contributed by atoms with E-state index in [1.165, 1.54) is 20.8 Å². The molecule has 0 bridgehead atoms. The standard InChI is InChI=1S/C16H22BrNO2/c1-16(2,3)20-15(19)18-9-7-12(8-10-18)13-5-4-6-14(17)11-13/h4-6,11-12H,7-10H2,1-3H3/i4D,5D,6D,7D2,8D2,9D2,10D2,11D,12D. The first-order valence-corrected chi connectivity index (χ1v) is 6.52. The van der Waals surface area contributed by atoms with E-state index in [-0.39, 0.29) is 4.90 Å². The maximum absolute atomic E-state index is 12.7. The van der Waals surface area contributed by atoms with Gasteiger partial charge in [-0.05, 0) is 57.1 Å². The van der Waals surface area contributed by atoms with Gasteiger partial charge in [0.25, 0.3) is 0 Å². The Hall–Kier alpha value is -1.03. The molecule has 0 saturated carbocycles. The van der Waals surface area contributed by atoms with E-state index in [9.17, 15) is 4.79 Å². The first kappa shape index (κ1) is 5.64. The van der Waals surface area contributed by atoms with E-state index in [4.69, 9.17) is 22.6 Å². The molecule has 1 amide bonds. The minimum atomic E-state index is -3.78. The number of ether oxygens (including phenoxy) is 1. The van der Waals surface area contributed by atoms with Crippen LogP contribution in [0.3, 0.4) is 0 Å². The second-order valence-corrected chi connectivity index (χ2v) is 5.65. The van der Waals surface area contributed by atoms with Crippen LogP contribution in [0, 0.1) is 0 Å². The molecule has 0 spiro atoms. The lowest BCUT2D eigenvalue weighted by Crippen LogP contribution is -2.41. The minimum Gasteiger partial charge on any atom is -0.444 e. The Balaban J connectivity index is 3.01. The first-order valence-electron chi connectivity index (χ1n) is 12.2. The molecule has 3 nitrogen and oxygen atoms in total. The molecule has 1 aliphatic rings. The predicted molar refractivity (Wildman–Crippen MR) is 83.9 cm³/mol. The fourth-order valence-corrected chi connectivity index (χ4v) is 1.55. The molecule has 2 rings (SSSR count). The predicted octanol–water partition coefficient (Wildman–Crippen LogP) is 4.56. The first-order chi connectivity index (χ1) is 14.4. The topological polar surface area (TPSA) is 29.5 Å². The van der Waals surface area contributed by atoms with Crippen LogP contribution in [0.25, 0.3) is 0 Å². The molecule has 1 heterocycles. The molecular formula is C16H22BrNO2. The summed E-state index contributed by atoms with van der Waals surface area (Å²) < 4.78 is 112. The van der Waals surface area contributed by atoms with Crippen molar-refractivity contribution < 1.29 is 27.4 Å². The highest BCUT2D eigenvalue weighted by atomic mass is 79.9. The van der Waals surface area contributed by atoms with Crippen LogP contribution in [0.4, 0.5) is 4.79 Å². The molecule has 1 saturated heterocycles. The summed E-state index contributed by atoms with van der Waals surface area (Å²) in [4.78, 5) is 12.4. The summed E-state index contributed by atoms with van der Waals surface area (Å²) in [6.07, 6.45) is -9.28. The number of hydrogen-bond acceptors (Lipinski definition) is 2. The maximum atomic E-state index is 12.7. The number of likely N-dealkylation sites (tertiary alicyclic amines) is 1. The minimum absolute atomic E-state index is 0.374. The molecule has 4 heteroatoms. The monoisotopic (exact) mass is 352 g/mol. The lowest BCUT2D eigenvalue weighted by atomic mass is 9.90. The number of benzene rings is 1. The molecule has 0 unspecified atom stereocenters. The lowest BCUT2D eigenvalue weighted by Gasteiger charge is -2.33. The summed E-state index contributed by atoms with van der Waals surface area (Å²) in [6, 6.07) is -3.62. The van der Waals surface area contributed by atoms with Crippen molar-refractivity contribution >= 4 is 22.0 Å². The smallest absolute Gasteiger partial charge is 0.410 e. The van der Waals surface area contributed by atoms with Crippen molar-refractivity contribution in [1.82, 2.24) is 4.90 Å². The number of carbonyl (C=O) groups is 1. The van der Waals surface area contributed by atoms with E-state index in [1.807, 2.05) is 0 Å². The van der Waals surface area contributed by atoms with Crippen LogP contribution < -0.4 is 0 Å². The summed E-state index contributed by atoms with van der Waals surface area (Å²) in [5.41, 5.74) is -2.42. The van der Waals surface area contributed by atoms with Crippen LogP contribution in [0.1, 0.15) is 62.8 Å². The largest absolute Gasteiger partial charge is 0.444 e. The number of amides is 1. The van der Waals surface area contributed by atoms with Crippen molar-refractivity contribution in [2.45, 2.75) is 45.0 Å². The zero-order chi connectivity index (χ0) is 26.3. The molecule has 1 fully saturated rings. The average Bonchev–Trinajstić information content (AvgIpc) is 2.61. The van der Waals surface area contributed by atoms with Crippen LogP contribution in [-0.2, 0) is 4.74 Å². The van der Waals surface area contributed by atoms with E-state index in [0.717, 1.165) is 0 Å². The van der Waals surface area contributed by atoms with Crippen LogP contribution in [0.15, 0.2) is 28.6 Å². The molecule has 0 N–H and O–H groups in total. The summed E-state index contributed by atoms with van der Waals surface area (Å²) in [7, 11) is 0. The van der Waals surface area contributed by atoms with E-state index >= 15 is 0 Å². The van der Waals surface area contributed by atoms with Crippen molar-refractivity contribution in [3.63, 3.8) is 0 Å². The van der Waals surface area contributed by atoms with Crippen LogP contribution in [-0.4, -0.2) is 29.6 Å². The van der Waals surface area contributed by atoms with Gasteiger partial charge in [0, 0.05) is 29.8 Å². The highest BCUT2D eigenvalue weighted by molar-refractivity contribution is 9.10. The van der Waals surface area contributed by atoms with Crippen molar-refractivity contribution in [3.05, 3.63) is 34.2 Å². The van der Waals surface area contributed by atoms with Crippen molar-refractivity contribution in [3.8, 4) is 0 Å². The Kier molecular flexibility index (Phi) is 1.74. The van der Waals surface area contributed by atoms with Crippen LogP contribution in [0.5, 0.6) is 0 Å². The van der Waals surface area contributed by atoms with Gasteiger partial charge in [-0.2, -0.15) is 0 Å². The number of halogens is 1. The number of hydrogen-bond donors (Lipinski definition) is 0. The highest BCUT2D eigenvalue weighted by Gasteiger charge is 2.27. The fraction of sp³-hybridized carbons (Fsp3) is 0.562. The molecule has 1 aromatic rings. The highest BCUT2D eigenvalue weighted by Crippen LogP contribution is 2.30. The van der Waals surface area contributed by atoms with E-state index < -0.39 is 77.5 Å². The van der Waals surface area contributed by atoms with Crippen LogP contribution in [0.2, 0.25) is 0 Å². The molecular weight excluding hydrogens is 318 g/mol. The quantitative estimate of drug-likeness (QED) is 0.741. The van der Waals surface area contributed by atoms with Gasteiger partial charge in [-0.25, -0.2) is 4.79 Å². The third kappa shape index (κ3) is 4.23. The Morgan fingerprint density at radius 2 is 2.15 bits per heavy atom. The van der Waals surface area contributed by atoms with Gasteiger partial charge in [0.05, 0.1) is 5.48 Å². The molecule has 0 radical (unpaired) electrons. The van der Waals surface area contributed by atoms with Crippen LogP contribution >= 0.6 is 15.9 Å². The molecule has 0 atom stereocenters. The Morgan fingerprint density at radius 3 is 2.75 bits per heavy atom. The summed E-state index contributed by atoms with van der Waals surface area (Å²) >= 11 is 2.83. The van der Waals surface area contributed by atoms with Gasteiger partial charge in [0.1, 0.15) is 5.60 Å². The van der Waals surface area contributed by atoms with Gasteiger partial charge in [-0.3, -0.25) is 0 Å². The third-order valence-corrected chi connectivity index (χ3v) is 2.40. The number of rotatable bonds is 1. The fourth-order valence-electron chi connectivity index (χ4n) is 1.25. The normalized spacial score (nSPS) is 38.2. The number of piperidine rings is 1. The molecule has 0 aliphatic carbocycles. The van der Waals surface area contributed by atoms with Gasteiger partial charge >= 0.3 is 6.09 Å². The Morgan fingerprint density at radius 1 is 1.50 bits per heavy atom. The molecule has 1 aromatic carbocycles. The SMILES string of the molecule is [2H]c1c([2H])c(Br)c([2H])c(C2([2H])C([2H])([2H])C([2H])([2H])N(C(=O)OC(C)(C)C)C([2H])([2H])C2([2H])[2H])c1[2H]. The summed E-state index contributed by atoms with van der Waals surface area (Å²) in [6.45, 7) is -3.30. The maximum Gasteiger partial charge on any atom is 0.410 e. The second kappa shape index (κ2) is 6.17. The average molecular weight is 353 g/mol. The van der Waals surface area contributed by atoms with Crippen molar-refractivity contribution in [1.29, 1.82) is 0 Å². The summed E-state index contributed by atoms with van der Waals surface area (Å²) in [5, 5.41) is 0. The molecule has 110 valence electrons. The number of nitrogens with zero attached hydrogens (tertiary/aromatic N) is 1. The molecule has 0 aromatic heterocycles. The van der Waals surface area contributed by atoms with Gasteiger partial charge < -0.3 is 9.64 Å². The van der Waals surface area contributed by atoms with Gasteiger partial charge in [0.2, 0.25) is 0 Å². The number of carbonyl (C=O) groups excluding carboxylic acids is 1. The second-order valence-electron chi connectivity index (χ2n) is 4.85. The zero-order valence-electron chi connectivity index (χ0n) is 24.1. The van der Waals surface area contributed by atoms with E-state index in [2.05, 4.69) is 15.9 Å². The lowest BCUT2D eigenvalue weighted by molar-refractivity contribution is 0.0205. The van der Waals surface area contributed by atoms with Gasteiger partial charge in [-0.15, -0.1) is 0 Å². The summed E-state index contributed by atoms with van der Waals surface area (Å²) in [5.74, 6) is -3.66. The van der Waals surface area contributed by atoms with E-state index in [0.29, 0.717) is 0 Å². The Labute approximate surface area is 147 Å². The Bertz CT molecular complexity index is 948. The zero-order valence-corrected chi connectivity index (χ0v) is 12.7. The van der Waals surface area contributed by atoms with E-state index in [1.54, 1.807) is 0 Å². The molecule has 1 aliphatic heterocycles. The van der Waals surface area contributed by atoms with Crippen molar-refractivity contribution in [2.24, 2.45) is 0 Å².